The van der Waals surface area contributed by atoms with Gasteiger partial charge in [-0.05, 0) is 46.4 Å². The van der Waals surface area contributed by atoms with Crippen molar-refractivity contribution in [2.75, 3.05) is 7.05 Å². The van der Waals surface area contributed by atoms with E-state index in [9.17, 15) is 14.9 Å². The molecule has 0 unspecified atom stereocenters. The van der Waals surface area contributed by atoms with Crippen molar-refractivity contribution < 1.29 is 9.72 Å². The first-order valence-electron chi connectivity index (χ1n) is 6.22. The molecule has 0 aliphatic heterocycles. The molecule has 0 radical (unpaired) electrons. The van der Waals surface area contributed by atoms with Gasteiger partial charge in [0.1, 0.15) is 0 Å². The highest BCUT2D eigenvalue weighted by Gasteiger charge is 2.13. The van der Waals surface area contributed by atoms with E-state index in [4.69, 9.17) is 0 Å². The molecule has 0 fully saturated rings. The number of amides is 1. The fraction of sp³-hybridized carbons (Fsp3) is 0.133. The molecule has 0 aromatic heterocycles. The van der Waals surface area contributed by atoms with Crippen LogP contribution in [0.4, 0.5) is 5.69 Å². The van der Waals surface area contributed by atoms with Crippen LogP contribution >= 0.6 is 22.6 Å². The van der Waals surface area contributed by atoms with Crippen molar-refractivity contribution in [3.05, 3.63) is 73.3 Å². The summed E-state index contributed by atoms with van der Waals surface area (Å²) in [6.07, 6.45) is 0. The Morgan fingerprint density at radius 1 is 1.24 bits per heavy atom. The second kappa shape index (κ2) is 6.66. The van der Waals surface area contributed by atoms with E-state index >= 15 is 0 Å². The summed E-state index contributed by atoms with van der Waals surface area (Å²) in [7, 11) is 1.68. The molecule has 0 saturated carbocycles. The smallest absolute Gasteiger partial charge is 0.269 e. The third-order valence-electron chi connectivity index (χ3n) is 2.96. The standard InChI is InChI=1S/C15H13IN2O3/c1-17(15(19)12-5-3-6-13(16)9-12)10-11-4-2-7-14(8-11)18(20)21/h2-9H,10H2,1H3. The van der Waals surface area contributed by atoms with Crippen LogP contribution in [-0.4, -0.2) is 22.8 Å². The van der Waals surface area contributed by atoms with E-state index in [0.717, 1.165) is 9.13 Å². The van der Waals surface area contributed by atoms with E-state index in [0.29, 0.717) is 12.1 Å². The average Bonchev–Trinajstić information content (AvgIpc) is 2.46. The lowest BCUT2D eigenvalue weighted by Gasteiger charge is -2.17. The van der Waals surface area contributed by atoms with Crippen molar-refractivity contribution in [2.24, 2.45) is 0 Å². The Balaban J connectivity index is 2.14. The minimum absolute atomic E-state index is 0.0302. The highest BCUT2D eigenvalue weighted by Crippen LogP contribution is 2.16. The van der Waals surface area contributed by atoms with Gasteiger partial charge in [0.2, 0.25) is 0 Å². The molecule has 21 heavy (non-hydrogen) atoms. The summed E-state index contributed by atoms with van der Waals surface area (Å²) in [6, 6.07) is 13.6. The van der Waals surface area contributed by atoms with Gasteiger partial charge in [-0.25, -0.2) is 0 Å². The number of hydrogen-bond donors (Lipinski definition) is 0. The van der Waals surface area contributed by atoms with Gasteiger partial charge >= 0.3 is 0 Å². The summed E-state index contributed by atoms with van der Waals surface area (Å²) in [4.78, 5) is 24.2. The maximum absolute atomic E-state index is 12.3. The SMILES string of the molecule is CN(Cc1cccc([N+](=O)[O-])c1)C(=O)c1cccc(I)c1. The number of nitro groups is 1. The number of benzene rings is 2. The molecule has 1 amide bonds. The molecule has 0 aliphatic rings. The van der Waals surface area contributed by atoms with Gasteiger partial charge in [-0.1, -0.05) is 18.2 Å². The first-order chi connectivity index (χ1) is 9.97. The molecule has 2 aromatic rings. The number of non-ortho nitro benzene ring substituents is 1. The highest BCUT2D eigenvalue weighted by atomic mass is 127. The maximum atomic E-state index is 12.3. The van der Waals surface area contributed by atoms with Crippen LogP contribution < -0.4 is 0 Å². The molecule has 0 saturated heterocycles. The van der Waals surface area contributed by atoms with Crippen molar-refractivity contribution >= 4 is 34.2 Å². The number of carbonyl (C=O) groups is 1. The molecule has 0 atom stereocenters. The zero-order chi connectivity index (χ0) is 15.4. The maximum Gasteiger partial charge on any atom is 0.269 e. The van der Waals surface area contributed by atoms with Crippen LogP contribution in [0.2, 0.25) is 0 Å². The third kappa shape index (κ3) is 4.01. The second-order valence-corrected chi connectivity index (χ2v) is 5.84. The van der Waals surface area contributed by atoms with E-state index in [2.05, 4.69) is 22.6 Å². The minimum Gasteiger partial charge on any atom is -0.337 e. The normalized spacial score (nSPS) is 10.2. The molecule has 0 N–H and O–H groups in total. The topological polar surface area (TPSA) is 63.4 Å². The summed E-state index contributed by atoms with van der Waals surface area (Å²) in [6.45, 7) is 0.325. The van der Waals surface area contributed by atoms with Crippen molar-refractivity contribution in [3.8, 4) is 0 Å². The molecule has 0 aliphatic carbocycles. The fourth-order valence-electron chi connectivity index (χ4n) is 1.96. The third-order valence-corrected chi connectivity index (χ3v) is 3.63. The molecule has 2 aromatic carbocycles. The Morgan fingerprint density at radius 3 is 2.62 bits per heavy atom. The van der Waals surface area contributed by atoms with Gasteiger partial charge in [0.05, 0.1) is 4.92 Å². The molecule has 2 rings (SSSR count). The molecule has 0 heterocycles. The molecule has 0 spiro atoms. The van der Waals surface area contributed by atoms with Crippen molar-refractivity contribution in [1.29, 1.82) is 0 Å². The van der Waals surface area contributed by atoms with E-state index in [-0.39, 0.29) is 11.6 Å². The summed E-state index contributed by atoms with van der Waals surface area (Å²) in [5.74, 6) is -0.111. The van der Waals surface area contributed by atoms with Gasteiger partial charge in [-0.15, -0.1) is 0 Å². The Labute approximate surface area is 135 Å². The minimum atomic E-state index is -0.440. The van der Waals surface area contributed by atoms with Crippen LogP contribution in [0, 0.1) is 13.7 Å². The number of nitrogens with zero attached hydrogens (tertiary/aromatic N) is 2. The summed E-state index contributed by atoms with van der Waals surface area (Å²) < 4.78 is 0.988. The summed E-state index contributed by atoms with van der Waals surface area (Å²) >= 11 is 2.15. The van der Waals surface area contributed by atoms with Gasteiger partial charge in [0.25, 0.3) is 11.6 Å². The second-order valence-electron chi connectivity index (χ2n) is 4.60. The van der Waals surface area contributed by atoms with Crippen LogP contribution in [0.3, 0.4) is 0 Å². The zero-order valence-electron chi connectivity index (χ0n) is 11.3. The number of nitro benzene ring substituents is 1. The predicted molar refractivity (Wildman–Crippen MR) is 88.1 cm³/mol. The van der Waals surface area contributed by atoms with Crippen LogP contribution in [0.1, 0.15) is 15.9 Å². The molecular formula is C15H13IN2O3. The Hall–Kier alpha value is -1.96. The van der Waals surface area contributed by atoms with E-state index < -0.39 is 4.92 Å². The quantitative estimate of drug-likeness (QED) is 0.452. The summed E-state index contributed by atoms with van der Waals surface area (Å²) in [5, 5.41) is 10.8. The Morgan fingerprint density at radius 2 is 1.95 bits per heavy atom. The molecule has 0 bridgehead atoms. The average molecular weight is 396 g/mol. The Bertz CT molecular complexity index is 688. The van der Waals surface area contributed by atoms with Crippen LogP contribution in [0.15, 0.2) is 48.5 Å². The largest absolute Gasteiger partial charge is 0.337 e. The lowest BCUT2D eigenvalue weighted by atomic mass is 10.1. The van der Waals surface area contributed by atoms with Crippen LogP contribution in [-0.2, 0) is 6.54 Å². The first-order valence-corrected chi connectivity index (χ1v) is 7.29. The molecular weight excluding hydrogens is 383 g/mol. The van der Waals surface area contributed by atoms with Crippen LogP contribution in [0.5, 0.6) is 0 Å². The summed E-state index contributed by atoms with van der Waals surface area (Å²) in [5.41, 5.74) is 1.36. The fourth-order valence-corrected chi connectivity index (χ4v) is 2.50. The van der Waals surface area contributed by atoms with Gasteiger partial charge in [-0.2, -0.15) is 0 Å². The first kappa shape index (κ1) is 15.4. The van der Waals surface area contributed by atoms with Crippen molar-refractivity contribution in [3.63, 3.8) is 0 Å². The molecule has 6 heteroatoms. The Kier molecular flexibility index (Phi) is 4.89. The van der Waals surface area contributed by atoms with Crippen LogP contribution in [0.25, 0.3) is 0 Å². The number of rotatable bonds is 4. The highest BCUT2D eigenvalue weighted by molar-refractivity contribution is 14.1. The van der Waals surface area contributed by atoms with Crippen molar-refractivity contribution in [2.45, 2.75) is 6.54 Å². The van der Waals surface area contributed by atoms with E-state index in [1.807, 2.05) is 18.2 Å². The van der Waals surface area contributed by atoms with Gasteiger partial charge in [-0.3, -0.25) is 14.9 Å². The van der Waals surface area contributed by atoms with Gasteiger partial charge in [0.15, 0.2) is 0 Å². The van der Waals surface area contributed by atoms with Crippen molar-refractivity contribution in [1.82, 2.24) is 4.90 Å². The number of hydrogen-bond acceptors (Lipinski definition) is 3. The molecule has 108 valence electrons. The van der Waals surface area contributed by atoms with Gasteiger partial charge in [0, 0.05) is 34.9 Å². The predicted octanol–water partition coefficient (Wildman–Crippen LogP) is 3.47. The lowest BCUT2D eigenvalue weighted by Crippen LogP contribution is -2.26. The lowest BCUT2D eigenvalue weighted by molar-refractivity contribution is -0.384. The molecule has 5 nitrogen and oxygen atoms in total. The number of carbonyl (C=O) groups excluding carboxylic acids is 1. The number of halogens is 1. The van der Waals surface area contributed by atoms with Gasteiger partial charge < -0.3 is 4.90 Å². The van der Waals surface area contributed by atoms with E-state index in [1.165, 1.54) is 12.1 Å². The zero-order valence-corrected chi connectivity index (χ0v) is 13.5. The monoisotopic (exact) mass is 396 g/mol. The van der Waals surface area contributed by atoms with E-state index in [1.54, 1.807) is 30.1 Å².